The van der Waals surface area contributed by atoms with E-state index in [1.807, 2.05) is 7.05 Å². The maximum absolute atomic E-state index is 13.4. The molecule has 0 radical (unpaired) electrons. The van der Waals surface area contributed by atoms with Crippen LogP contribution in [-0.2, 0) is 9.59 Å². The van der Waals surface area contributed by atoms with E-state index in [1.54, 1.807) is 6.07 Å². The Balaban J connectivity index is 1.79. The molecule has 0 aliphatic heterocycles. The molecule has 0 saturated heterocycles. The molecule has 0 unspecified atom stereocenters. The lowest BCUT2D eigenvalue weighted by Gasteiger charge is -2.38. The summed E-state index contributed by atoms with van der Waals surface area (Å²) in [5, 5.41) is 3.34. The number of nitrogens with one attached hydrogen (secondary N) is 1. The number of allylic oxidation sites excluding steroid dienone is 1. The van der Waals surface area contributed by atoms with E-state index in [9.17, 15) is 9.59 Å². The number of carbonyl (C=O) groups is 2. The summed E-state index contributed by atoms with van der Waals surface area (Å²) in [6.07, 6.45) is 6.81. The number of hydrogen-bond donors (Lipinski definition) is 2. The van der Waals surface area contributed by atoms with Crippen molar-refractivity contribution >= 4 is 28.9 Å². The second-order valence-corrected chi connectivity index (χ2v) is 9.19. The molecule has 1 spiro atoms. The van der Waals surface area contributed by atoms with Crippen LogP contribution in [-0.4, -0.2) is 41.7 Å². The second-order valence-electron chi connectivity index (χ2n) is 8.80. The van der Waals surface area contributed by atoms with Gasteiger partial charge in [-0.3, -0.25) is 9.59 Å². The predicted octanol–water partition coefficient (Wildman–Crippen LogP) is 3.70. The van der Waals surface area contributed by atoms with E-state index in [4.69, 9.17) is 22.1 Å². The van der Waals surface area contributed by atoms with E-state index in [-0.39, 0.29) is 28.2 Å². The first-order valence-corrected chi connectivity index (χ1v) is 11.6. The molecular formula is C23H33ClN4O3. The molecule has 0 aromatic carbocycles. The standard InChI is InChI=1S/C23H33ClN4O3/c1-15(7-6-12-26-2)14-31-19-13-18(24)27-22(28-19)20(25)16-8-5-11-23(21(16)30)10-4-3-9-17(23)29/h13,15,26H,3-12,14,25H2,1-2H3/b20-16-/t15-,23+/m0/s1. The molecule has 3 N–H and O–H groups in total. The highest BCUT2D eigenvalue weighted by molar-refractivity contribution is 6.29. The van der Waals surface area contributed by atoms with Gasteiger partial charge in [-0.25, -0.2) is 4.98 Å². The molecule has 3 rings (SSSR count). The molecule has 7 nitrogen and oxygen atoms in total. The normalized spacial score (nSPS) is 24.4. The van der Waals surface area contributed by atoms with Crippen LogP contribution in [0.1, 0.15) is 70.5 Å². The van der Waals surface area contributed by atoms with Crippen molar-refractivity contribution in [2.24, 2.45) is 17.1 Å². The highest BCUT2D eigenvalue weighted by Crippen LogP contribution is 2.45. The van der Waals surface area contributed by atoms with Crippen molar-refractivity contribution in [2.45, 2.75) is 64.7 Å². The Hall–Kier alpha value is -1.99. The van der Waals surface area contributed by atoms with Crippen molar-refractivity contribution in [3.8, 4) is 5.88 Å². The SMILES string of the molecule is CNCCC[C@H](C)COc1cc(Cl)nc(/C(N)=C2\CCC[C@@]3(CCCCC3=O)C2=O)n1. The summed E-state index contributed by atoms with van der Waals surface area (Å²) in [5.41, 5.74) is 6.13. The molecule has 1 heterocycles. The molecule has 31 heavy (non-hydrogen) atoms. The van der Waals surface area contributed by atoms with Gasteiger partial charge in [-0.05, 0) is 64.5 Å². The monoisotopic (exact) mass is 448 g/mol. The van der Waals surface area contributed by atoms with Crippen LogP contribution in [0, 0.1) is 11.3 Å². The van der Waals surface area contributed by atoms with E-state index in [0.29, 0.717) is 49.7 Å². The Morgan fingerprint density at radius 2 is 2.03 bits per heavy atom. The molecule has 8 heteroatoms. The molecule has 2 fully saturated rings. The van der Waals surface area contributed by atoms with Gasteiger partial charge in [0, 0.05) is 18.1 Å². The first kappa shape index (κ1) is 23.7. The number of nitrogens with zero attached hydrogens (tertiary/aromatic N) is 2. The summed E-state index contributed by atoms with van der Waals surface area (Å²) in [6.45, 7) is 3.59. The number of rotatable bonds is 8. The van der Waals surface area contributed by atoms with Gasteiger partial charge in [-0.2, -0.15) is 4.98 Å². The lowest BCUT2D eigenvalue weighted by Crippen LogP contribution is -2.45. The molecule has 2 aliphatic rings. The summed E-state index contributed by atoms with van der Waals surface area (Å²) in [7, 11) is 1.94. The molecule has 0 bridgehead atoms. The van der Waals surface area contributed by atoms with Crippen LogP contribution in [0.4, 0.5) is 0 Å². The highest BCUT2D eigenvalue weighted by atomic mass is 35.5. The zero-order valence-electron chi connectivity index (χ0n) is 18.5. The Labute approximate surface area is 189 Å². The Kier molecular flexibility index (Phi) is 8.06. The number of hydrogen-bond acceptors (Lipinski definition) is 7. The quantitative estimate of drug-likeness (QED) is 0.270. The average molecular weight is 449 g/mol. The average Bonchev–Trinajstić information content (AvgIpc) is 2.75. The van der Waals surface area contributed by atoms with Gasteiger partial charge in [0.15, 0.2) is 11.6 Å². The molecule has 1 aromatic rings. The number of ether oxygens (including phenoxy) is 1. The summed E-state index contributed by atoms with van der Waals surface area (Å²) < 4.78 is 5.84. The van der Waals surface area contributed by atoms with Gasteiger partial charge in [-0.15, -0.1) is 0 Å². The fraction of sp³-hybridized carbons (Fsp3) is 0.652. The van der Waals surface area contributed by atoms with E-state index in [0.717, 1.165) is 38.6 Å². The summed E-state index contributed by atoms with van der Waals surface area (Å²) in [4.78, 5) is 34.7. The van der Waals surface area contributed by atoms with Crippen LogP contribution >= 0.6 is 11.6 Å². The lowest BCUT2D eigenvalue weighted by molar-refractivity contribution is -0.143. The van der Waals surface area contributed by atoms with Crippen molar-refractivity contribution in [1.82, 2.24) is 15.3 Å². The van der Waals surface area contributed by atoms with Crippen molar-refractivity contribution in [2.75, 3.05) is 20.2 Å². The number of carbonyl (C=O) groups excluding carboxylic acids is 2. The molecule has 0 amide bonds. The van der Waals surface area contributed by atoms with Crippen molar-refractivity contribution in [3.63, 3.8) is 0 Å². The van der Waals surface area contributed by atoms with Crippen LogP contribution in [0.15, 0.2) is 11.6 Å². The van der Waals surface area contributed by atoms with E-state index < -0.39 is 5.41 Å². The van der Waals surface area contributed by atoms with Gasteiger partial charge in [0.1, 0.15) is 10.9 Å². The Morgan fingerprint density at radius 3 is 2.77 bits per heavy atom. The lowest BCUT2D eigenvalue weighted by atomic mass is 9.62. The van der Waals surface area contributed by atoms with Crippen molar-refractivity contribution in [1.29, 1.82) is 0 Å². The van der Waals surface area contributed by atoms with Gasteiger partial charge >= 0.3 is 0 Å². The van der Waals surface area contributed by atoms with E-state index in [1.165, 1.54) is 0 Å². The van der Waals surface area contributed by atoms with Gasteiger partial charge in [0.25, 0.3) is 0 Å². The maximum Gasteiger partial charge on any atom is 0.218 e. The van der Waals surface area contributed by atoms with Gasteiger partial charge in [0.2, 0.25) is 5.88 Å². The van der Waals surface area contributed by atoms with Gasteiger partial charge < -0.3 is 15.8 Å². The smallest absolute Gasteiger partial charge is 0.218 e. The molecular weight excluding hydrogens is 416 g/mol. The number of nitrogens with two attached hydrogens (primary N) is 1. The zero-order chi connectivity index (χ0) is 22.4. The third kappa shape index (κ3) is 5.44. The fourth-order valence-electron chi connectivity index (χ4n) is 4.60. The minimum Gasteiger partial charge on any atom is -0.477 e. The van der Waals surface area contributed by atoms with Crippen LogP contribution in [0.25, 0.3) is 5.70 Å². The maximum atomic E-state index is 13.4. The minimum absolute atomic E-state index is 0.0528. The highest BCUT2D eigenvalue weighted by Gasteiger charge is 2.49. The van der Waals surface area contributed by atoms with Gasteiger partial charge in [0.05, 0.1) is 17.7 Å². The zero-order valence-corrected chi connectivity index (χ0v) is 19.3. The number of halogens is 1. The Bertz CT molecular complexity index is 853. The summed E-state index contributed by atoms with van der Waals surface area (Å²) in [5.74, 6) is 0.792. The van der Waals surface area contributed by atoms with Crippen molar-refractivity contribution in [3.05, 3.63) is 22.6 Å². The third-order valence-electron chi connectivity index (χ3n) is 6.41. The second kappa shape index (κ2) is 10.6. The first-order chi connectivity index (χ1) is 14.9. The fourth-order valence-corrected chi connectivity index (χ4v) is 4.77. The van der Waals surface area contributed by atoms with Crippen LogP contribution < -0.4 is 15.8 Å². The predicted molar refractivity (Wildman–Crippen MR) is 121 cm³/mol. The molecule has 170 valence electrons. The molecule has 2 saturated carbocycles. The molecule has 2 atom stereocenters. The van der Waals surface area contributed by atoms with Crippen molar-refractivity contribution < 1.29 is 14.3 Å². The summed E-state index contributed by atoms with van der Waals surface area (Å²) in [6, 6.07) is 1.55. The van der Waals surface area contributed by atoms with E-state index in [2.05, 4.69) is 22.2 Å². The van der Waals surface area contributed by atoms with Crippen LogP contribution in [0.5, 0.6) is 5.88 Å². The number of Topliss-reactive ketones (excluding diaryl/α,β-unsaturated/α-hetero) is 2. The number of aromatic nitrogens is 2. The Morgan fingerprint density at radius 1 is 1.26 bits per heavy atom. The summed E-state index contributed by atoms with van der Waals surface area (Å²) >= 11 is 6.20. The van der Waals surface area contributed by atoms with E-state index >= 15 is 0 Å². The molecule has 2 aliphatic carbocycles. The van der Waals surface area contributed by atoms with Gasteiger partial charge in [-0.1, -0.05) is 24.9 Å². The first-order valence-electron chi connectivity index (χ1n) is 11.3. The van der Waals surface area contributed by atoms with Crippen LogP contribution in [0.3, 0.4) is 0 Å². The third-order valence-corrected chi connectivity index (χ3v) is 6.60. The minimum atomic E-state index is -0.906. The number of ketones is 2. The topological polar surface area (TPSA) is 107 Å². The van der Waals surface area contributed by atoms with Crippen LogP contribution in [0.2, 0.25) is 5.15 Å². The largest absolute Gasteiger partial charge is 0.477 e. The molecule has 1 aromatic heterocycles.